The fourth-order valence-electron chi connectivity index (χ4n) is 4.91. The molecule has 198 valence electrons. The summed E-state index contributed by atoms with van der Waals surface area (Å²) in [6, 6.07) is 0. The van der Waals surface area contributed by atoms with Crippen molar-refractivity contribution in [1.82, 2.24) is 0 Å². The first kappa shape index (κ1) is 30.6. The minimum absolute atomic E-state index is 0.395. The number of unbranched alkanes of at least 4 members (excludes halogenated alkanes) is 3. The van der Waals surface area contributed by atoms with Gasteiger partial charge in [0.1, 0.15) is 11.1 Å². The lowest BCUT2D eigenvalue weighted by Crippen LogP contribution is -2.49. The van der Waals surface area contributed by atoms with Gasteiger partial charge in [-0.15, -0.1) is 0 Å². The Kier molecular flexibility index (Phi) is 11.9. The largest absolute Gasteiger partial charge is 0.506 e. The maximum atomic E-state index is 13.9. The Balaban J connectivity index is 4.42. The van der Waals surface area contributed by atoms with Crippen LogP contribution in [0.3, 0.4) is 0 Å². The van der Waals surface area contributed by atoms with Gasteiger partial charge in [-0.25, -0.2) is 19.2 Å². The van der Waals surface area contributed by atoms with E-state index < -0.39 is 58.8 Å². The van der Waals surface area contributed by atoms with Crippen molar-refractivity contribution in [3.05, 3.63) is 22.5 Å². The quantitative estimate of drug-likeness (QED) is 0.208. The summed E-state index contributed by atoms with van der Waals surface area (Å²) in [5.74, 6) is -4.70. The highest BCUT2D eigenvalue weighted by Gasteiger charge is 2.74. The van der Waals surface area contributed by atoms with Gasteiger partial charge in [-0.05, 0) is 19.3 Å². The van der Waals surface area contributed by atoms with Gasteiger partial charge in [-0.2, -0.15) is 0 Å². The Hall–Kier alpha value is -2.41. The smallest absolute Gasteiger partial charge is 0.362 e. The number of methoxy groups -OCH3 is 4. The van der Waals surface area contributed by atoms with Crippen LogP contribution in [-0.2, 0) is 38.1 Å². The van der Waals surface area contributed by atoms with Crippen molar-refractivity contribution in [2.45, 2.75) is 64.5 Å². The zero-order valence-electron chi connectivity index (χ0n) is 22.0. The average molecular weight is 516 g/mol. The van der Waals surface area contributed by atoms with E-state index in [0.717, 1.165) is 67.0 Å². The summed E-state index contributed by atoms with van der Waals surface area (Å²) in [6.07, 6.45) is 6.25. The molecule has 1 atom stereocenters. The van der Waals surface area contributed by atoms with E-state index in [4.69, 9.17) is 18.9 Å². The maximum Gasteiger partial charge on any atom is 0.362 e. The summed E-state index contributed by atoms with van der Waals surface area (Å²) in [5, 5.41) is 9.77. The minimum Gasteiger partial charge on any atom is -0.506 e. The van der Waals surface area contributed by atoms with Crippen molar-refractivity contribution in [3.8, 4) is 0 Å². The second-order valence-electron chi connectivity index (χ2n) is 8.53. The van der Waals surface area contributed by atoms with Crippen molar-refractivity contribution in [2.75, 3.05) is 46.9 Å². The van der Waals surface area contributed by atoms with E-state index in [9.17, 15) is 24.3 Å². The van der Waals surface area contributed by atoms with Gasteiger partial charge in [-0.1, -0.05) is 40.0 Å². The number of aliphatic hydroxyl groups excluding tert-OH is 1. The fourth-order valence-corrected chi connectivity index (χ4v) is 11.1. The second-order valence-corrected chi connectivity index (χ2v) is 12.8. The first-order chi connectivity index (χ1) is 16.6. The molecule has 1 rings (SSSR count). The first-order valence-corrected chi connectivity index (χ1v) is 14.4. The molecule has 1 N–H and O–H groups in total. The van der Waals surface area contributed by atoms with Gasteiger partial charge in [0.15, 0.2) is 5.76 Å². The zero-order valence-corrected chi connectivity index (χ0v) is 22.9. The van der Waals surface area contributed by atoms with Gasteiger partial charge < -0.3 is 24.1 Å². The third-order valence-corrected chi connectivity index (χ3v) is 12.2. The molecule has 0 saturated heterocycles. The molecule has 0 heterocycles. The van der Waals surface area contributed by atoms with Gasteiger partial charge in [0.05, 0.1) is 52.5 Å². The topological polar surface area (TPSA) is 125 Å². The van der Waals surface area contributed by atoms with Crippen molar-refractivity contribution >= 4 is 31.1 Å². The van der Waals surface area contributed by atoms with Crippen molar-refractivity contribution < 1.29 is 43.2 Å². The Morgan fingerprint density at radius 3 is 1.43 bits per heavy atom. The summed E-state index contributed by atoms with van der Waals surface area (Å²) in [6.45, 7) is 6.04. The number of aliphatic hydroxyl groups is 1. The molecule has 0 amide bonds. The first-order valence-electron chi connectivity index (χ1n) is 12.0. The summed E-state index contributed by atoms with van der Waals surface area (Å²) in [7, 11) is 1.74. The molecule has 0 saturated carbocycles. The molecule has 10 heteroatoms. The monoisotopic (exact) mass is 515 g/mol. The van der Waals surface area contributed by atoms with Crippen LogP contribution >= 0.6 is 7.26 Å². The second kappa shape index (κ2) is 13.6. The van der Waals surface area contributed by atoms with E-state index in [1.165, 1.54) is 0 Å². The van der Waals surface area contributed by atoms with Crippen LogP contribution in [0.2, 0.25) is 0 Å². The lowest BCUT2D eigenvalue weighted by atomic mass is 9.97. The van der Waals surface area contributed by atoms with E-state index in [0.29, 0.717) is 18.5 Å². The number of hydrogen-bond donors (Lipinski definition) is 1. The lowest BCUT2D eigenvalue weighted by Gasteiger charge is -2.42. The summed E-state index contributed by atoms with van der Waals surface area (Å²) in [5.41, 5.74) is -1.46. The minimum atomic E-state index is -2.71. The molecule has 0 spiro atoms. The van der Waals surface area contributed by atoms with Crippen LogP contribution in [0.5, 0.6) is 0 Å². The Morgan fingerprint density at radius 2 is 1.09 bits per heavy atom. The van der Waals surface area contributed by atoms with E-state index in [-0.39, 0.29) is 0 Å². The highest BCUT2D eigenvalue weighted by atomic mass is 31.2. The average Bonchev–Trinajstić information content (AvgIpc) is 3.16. The van der Waals surface area contributed by atoms with Crippen LogP contribution in [0.15, 0.2) is 22.5 Å². The number of carbonyl (C=O) groups is 4. The molecule has 0 radical (unpaired) electrons. The van der Waals surface area contributed by atoms with Gasteiger partial charge in [-0.3, -0.25) is 0 Å². The number of rotatable bonds is 14. The van der Waals surface area contributed by atoms with Crippen LogP contribution in [0, 0.1) is 0 Å². The molecular formula is C25H40O9P+. The van der Waals surface area contributed by atoms with E-state index in [2.05, 4.69) is 0 Å². The highest BCUT2D eigenvalue weighted by molar-refractivity contribution is 7.78. The molecule has 0 aromatic carbocycles. The van der Waals surface area contributed by atoms with Gasteiger partial charge in [0, 0.05) is 7.26 Å². The maximum absolute atomic E-state index is 13.9. The molecule has 0 aromatic heterocycles. The van der Waals surface area contributed by atoms with Crippen LogP contribution in [0.1, 0.15) is 59.3 Å². The molecule has 0 bridgehead atoms. The van der Waals surface area contributed by atoms with Gasteiger partial charge in [0.25, 0.3) is 5.16 Å². The van der Waals surface area contributed by atoms with Gasteiger partial charge in [0.2, 0.25) is 0 Å². The van der Waals surface area contributed by atoms with E-state index in [1.54, 1.807) is 0 Å². The molecule has 35 heavy (non-hydrogen) atoms. The summed E-state index contributed by atoms with van der Waals surface area (Å²) in [4.78, 5) is 53.2. The predicted octanol–water partition coefficient (Wildman–Crippen LogP) is 3.96. The van der Waals surface area contributed by atoms with Crippen LogP contribution < -0.4 is 0 Å². The normalized spacial score (nSPS) is 17.9. The third-order valence-electron chi connectivity index (χ3n) is 6.62. The molecule has 0 fully saturated rings. The Bertz CT molecular complexity index is 852. The van der Waals surface area contributed by atoms with Gasteiger partial charge >= 0.3 is 23.9 Å². The third kappa shape index (κ3) is 5.40. The molecule has 0 aromatic rings. The van der Waals surface area contributed by atoms with Crippen LogP contribution in [0.4, 0.5) is 0 Å². The number of esters is 4. The number of hydrogen-bond acceptors (Lipinski definition) is 9. The Morgan fingerprint density at radius 1 is 0.686 bits per heavy atom. The van der Waals surface area contributed by atoms with Crippen LogP contribution in [0.25, 0.3) is 0 Å². The summed E-state index contributed by atoms with van der Waals surface area (Å²) < 4.78 is 20.1. The van der Waals surface area contributed by atoms with Crippen molar-refractivity contribution in [3.63, 3.8) is 0 Å². The standard InChI is InChI=1S/C25H39O9P/c1-8-11-14-35(15-12-9-2,16-13-10-3)25(24(30)34-7)19(23(29)33-6)17(21(27)31-4)18(20(25)26)22(28)32-5/h8-16H2,1-7H3/p+1. The number of carbonyl (C=O) groups excluding carboxylic acids is 4. The molecule has 0 aliphatic heterocycles. The summed E-state index contributed by atoms with van der Waals surface area (Å²) >= 11 is 0. The van der Waals surface area contributed by atoms with Crippen LogP contribution in [-0.4, -0.2) is 81.1 Å². The number of ether oxygens (including phenoxy) is 4. The van der Waals surface area contributed by atoms with Crippen molar-refractivity contribution in [2.24, 2.45) is 0 Å². The fraction of sp³-hybridized carbons (Fsp3) is 0.680. The SMILES string of the molecule is CCCC[P+](CCCC)(CCCC)C1(C(=O)OC)C(O)=C(C(=O)OC)C(C(=O)OC)=C1C(=O)OC. The van der Waals surface area contributed by atoms with E-state index in [1.807, 2.05) is 20.8 Å². The van der Waals surface area contributed by atoms with E-state index >= 15 is 0 Å². The molecular weight excluding hydrogens is 475 g/mol. The molecule has 9 nitrogen and oxygen atoms in total. The molecule has 1 aliphatic carbocycles. The zero-order chi connectivity index (χ0) is 26.8. The Labute approximate surface area is 208 Å². The predicted molar refractivity (Wildman–Crippen MR) is 134 cm³/mol. The molecule has 1 unspecified atom stereocenters. The highest BCUT2D eigenvalue weighted by Crippen LogP contribution is 2.77. The van der Waals surface area contributed by atoms with Crippen molar-refractivity contribution in [1.29, 1.82) is 0 Å². The molecule has 1 aliphatic rings. The lowest BCUT2D eigenvalue weighted by molar-refractivity contribution is -0.145.